The number of nitrogens with zero attached hydrogens (tertiary/aromatic N) is 1. The van der Waals surface area contributed by atoms with Crippen molar-refractivity contribution in [3.05, 3.63) is 89.9 Å². The summed E-state index contributed by atoms with van der Waals surface area (Å²) in [5.74, 6) is -1.29. The van der Waals surface area contributed by atoms with Crippen LogP contribution in [-0.2, 0) is 20.8 Å². The summed E-state index contributed by atoms with van der Waals surface area (Å²) in [5, 5.41) is 2.99. The molecule has 5 nitrogen and oxygen atoms in total. The molecule has 0 saturated carbocycles. The van der Waals surface area contributed by atoms with E-state index in [9.17, 15) is 30.8 Å². The van der Waals surface area contributed by atoms with Crippen molar-refractivity contribution in [2.75, 3.05) is 16.8 Å². The molecule has 0 aliphatic carbocycles. The molecule has 1 heterocycles. The lowest BCUT2D eigenvalue weighted by atomic mass is 10.2. The van der Waals surface area contributed by atoms with Gasteiger partial charge in [-0.2, -0.15) is 13.2 Å². The molecule has 3 aromatic rings. The minimum absolute atomic E-state index is 0.00385. The third-order valence-corrected chi connectivity index (χ3v) is 7.42. The van der Waals surface area contributed by atoms with Gasteiger partial charge in [0.25, 0.3) is 0 Å². The monoisotopic (exact) mass is 510 g/mol. The molecule has 1 amide bonds. The Kier molecular flexibility index (Phi) is 8.11. The highest BCUT2D eigenvalue weighted by molar-refractivity contribution is 8.00. The van der Waals surface area contributed by atoms with Crippen molar-refractivity contribution in [2.24, 2.45) is 0 Å². The van der Waals surface area contributed by atoms with Crippen molar-refractivity contribution in [1.82, 2.24) is 4.98 Å². The lowest BCUT2D eigenvalue weighted by Crippen LogP contribution is -2.12. The second-order valence-corrected chi connectivity index (χ2v) is 10.1. The Morgan fingerprint density at radius 1 is 1.06 bits per heavy atom. The van der Waals surface area contributed by atoms with E-state index in [1.54, 1.807) is 12.1 Å². The van der Waals surface area contributed by atoms with Gasteiger partial charge in [0.1, 0.15) is 10.8 Å². The van der Waals surface area contributed by atoms with E-state index < -0.39 is 43.9 Å². The molecule has 1 N–H and O–H groups in total. The van der Waals surface area contributed by atoms with Crippen LogP contribution in [0.1, 0.15) is 11.1 Å². The first-order chi connectivity index (χ1) is 16.0. The standard InChI is InChI=1S/C23H18F4N2O3S2/c24-18-9-6-16(7-10-18)8-11-21(30)29-20-5-2-12-28-22(20)33-13-14-34(31,32)19-4-1-3-17(15-19)23(25,26)27/h1-12,15H,13-14H2,(H,29,30)/b11-8+. The molecule has 0 spiro atoms. The van der Waals surface area contributed by atoms with Crippen LogP contribution < -0.4 is 5.32 Å². The Labute approximate surface area is 197 Å². The molecule has 0 fully saturated rings. The molecule has 0 atom stereocenters. The summed E-state index contributed by atoms with van der Waals surface area (Å²) in [5.41, 5.74) is -0.0699. The zero-order valence-corrected chi connectivity index (χ0v) is 19.1. The molecular weight excluding hydrogens is 492 g/mol. The number of alkyl halides is 3. The van der Waals surface area contributed by atoms with E-state index in [0.717, 1.165) is 30.0 Å². The van der Waals surface area contributed by atoms with Crippen molar-refractivity contribution >= 4 is 39.3 Å². The maximum Gasteiger partial charge on any atom is 0.416 e. The number of benzene rings is 2. The Balaban J connectivity index is 1.63. The summed E-state index contributed by atoms with van der Waals surface area (Å²) in [4.78, 5) is 16.0. The normalized spacial score (nSPS) is 12.1. The molecule has 0 saturated heterocycles. The van der Waals surface area contributed by atoms with E-state index in [0.29, 0.717) is 22.3 Å². The van der Waals surface area contributed by atoms with Crippen LogP contribution in [0.4, 0.5) is 23.2 Å². The van der Waals surface area contributed by atoms with E-state index in [-0.39, 0.29) is 5.75 Å². The van der Waals surface area contributed by atoms with Gasteiger partial charge in [0, 0.05) is 18.0 Å². The number of halogens is 4. The van der Waals surface area contributed by atoms with Gasteiger partial charge in [0.2, 0.25) is 5.91 Å². The van der Waals surface area contributed by atoms with Gasteiger partial charge in [-0.1, -0.05) is 18.2 Å². The number of carbonyl (C=O) groups is 1. The topological polar surface area (TPSA) is 76.1 Å². The summed E-state index contributed by atoms with van der Waals surface area (Å²) in [6, 6.07) is 12.3. The first-order valence-electron chi connectivity index (χ1n) is 9.77. The maximum absolute atomic E-state index is 13.0. The van der Waals surface area contributed by atoms with Crippen molar-refractivity contribution < 1.29 is 30.8 Å². The Morgan fingerprint density at radius 2 is 1.79 bits per heavy atom. The Hall–Kier alpha value is -3.18. The van der Waals surface area contributed by atoms with Gasteiger partial charge in [0.15, 0.2) is 9.84 Å². The molecule has 0 bridgehead atoms. The predicted molar refractivity (Wildman–Crippen MR) is 123 cm³/mol. The first kappa shape index (κ1) is 25.4. The molecule has 34 heavy (non-hydrogen) atoms. The van der Waals surface area contributed by atoms with Gasteiger partial charge < -0.3 is 5.32 Å². The zero-order chi connectivity index (χ0) is 24.8. The molecule has 11 heteroatoms. The molecule has 0 aliphatic rings. The summed E-state index contributed by atoms with van der Waals surface area (Å²) in [6.45, 7) is 0. The third-order valence-electron chi connectivity index (χ3n) is 4.44. The minimum Gasteiger partial charge on any atom is -0.320 e. The lowest BCUT2D eigenvalue weighted by molar-refractivity contribution is -0.137. The largest absolute Gasteiger partial charge is 0.416 e. The van der Waals surface area contributed by atoms with Crippen LogP contribution in [0.15, 0.2) is 82.9 Å². The molecule has 178 valence electrons. The Morgan fingerprint density at radius 3 is 2.50 bits per heavy atom. The van der Waals surface area contributed by atoms with Gasteiger partial charge in [-0.05, 0) is 54.1 Å². The number of hydrogen-bond donors (Lipinski definition) is 1. The molecule has 3 rings (SSSR count). The number of amides is 1. The van der Waals surface area contributed by atoms with Crippen LogP contribution in [-0.4, -0.2) is 30.8 Å². The molecular formula is C23H18F4N2O3S2. The number of hydrogen-bond acceptors (Lipinski definition) is 5. The van der Waals surface area contributed by atoms with Crippen LogP contribution in [0.3, 0.4) is 0 Å². The van der Waals surface area contributed by atoms with E-state index in [2.05, 4.69) is 10.3 Å². The van der Waals surface area contributed by atoms with Crippen LogP contribution in [0.25, 0.3) is 6.08 Å². The van der Waals surface area contributed by atoms with Crippen molar-refractivity contribution in [1.29, 1.82) is 0 Å². The van der Waals surface area contributed by atoms with Gasteiger partial charge in [-0.15, -0.1) is 11.8 Å². The molecule has 2 aromatic carbocycles. The van der Waals surface area contributed by atoms with E-state index in [4.69, 9.17) is 0 Å². The fourth-order valence-electron chi connectivity index (χ4n) is 2.75. The second kappa shape index (κ2) is 10.8. The Bertz CT molecular complexity index is 1290. The highest BCUT2D eigenvalue weighted by atomic mass is 32.2. The summed E-state index contributed by atoms with van der Waals surface area (Å²) >= 11 is 1.04. The van der Waals surface area contributed by atoms with Gasteiger partial charge in [-0.3, -0.25) is 4.79 Å². The van der Waals surface area contributed by atoms with Crippen LogP contribution in [0, 0.1) is 5.82 Å². The SMILES string of the molecule is O=C(/C=C/c1ccc(F)cc1)Nc1cccnc1SCCS(=O)(=O)c1cccc(C(F)(F)F)c1. The van der Waals surface area contributed by atoms with Crippen molar-refractivity contribution in [3.63, 3.8) is 0 Å². The van der Waals surface area contributed by atoms with E-state index in [1.807, 2.05) is 0 Å². The predicted octanol–water partition coefficient (Wildman–Crippen LogP) is 5.46. The average molecular weight is 511 g/mol. The zero-order valence-electron chi connectivity index (χ0n) is 17.4. The van der Waals surface area contributed by atoms with Gasteiger partial charge >= 0.3 is 6.18 Å². The van der Waals surface area contributed by atoms with Gasteiger partial charge in [0.05, 0.1) is 21.9 Å². The van der Waals surface area contributed by atoms with Crippen molar-refractivity contribution in [2.45, 2.75) is 16.1 Å². The number of nitrogens with one attached hydrogen (secondary N) is 1. The number of carbonyl (C=O) groups excluding carboxylic acids is 1. The second-order valence-electron chi connectivity index (χ2n) is 6.92. The molecule has 1 aromatic heterocycles. The summed E-state index contributed by atoms with van der Waals surface area (Å²) in [7, 11) is -3.97. The highest BCUT2D eigenvalue weighted by Gasteiger charge is 2.31. The number of thioether (sulfide) groups is 1. The minimum atomic E-state index is -4.65. The fraction of sp³-hybridized carbons (Fsp3) is 0.130. The number of pyridine rings is 1. The first-order valence-corrected chi connectivity index (χ1v) is 12.4. The quantitative estimate of drug-likeness (QED) is 0.248. The molecule has 0 unspecified atom stereocenters. The van der Waals surface area contributed by atoms with E-state index >= 15 is 0 Å². The fourth-order valence-corrected chi connectivity index (χ4v) is 5.40. The van der Waals surface area contributed by atoms with Crippen LogP contribution >= 0.6 is 11.8 Å². The van der Waals surface area contributed by atoms with E-state index in [1.165, 1.54) is 42.6 Å². The van der Waals surface area contributed by atoms with Crippen LogP contribution in [0.5, 0.6) is 0 Å². The van der Waals surface area contributed by atoms with Crippen molar-refractivity contribution in [3.8, 4) is 0 Å². The molecule has 0 aliphatic heterocycles. The summed E-state index contributed by atoms with van der Waals surface area (Å²) < 4.78 is 76.6. The van der Waals surface area contributed by atoms with Crippen LogP contribution in [0.2, 0.25) is 0 Å². The molecule has 0 radical (unpaired) electrons. The third kappa shape index (κ3) is 7.16. The van der Waals surface area contributed by atoms with Gasteiger partial charge in [-0.25, -0.2) is 17.8 Å². The number of rotatable bonds is 8. The smallest absolute Gasteiger partial charge is 0.320 e. The highest BCUT2D eigenvalue weighted by Crippen LogP contribution is 2.31. The maximum atomic E-state index is 13.0. The summed E-state index contributed by atoms with van der Waals surface area (Å²) in [6.07, 6.45) is -0.424. The number of sulfone groups is 1. The number of anilines is 1. The lowest BCUT2D eigenvalue weighted by Gasteiger charge is -2.10. The number of aromatic nitrogens is 1. The average Bonchev–Trinajstić information content (AvgIpc) is 2.79.